The molecular weight excluding hydrogens is 314 g/mol. The van der Waals surface area contributed by atoms with Gasteiger partial charge in [-0.3, -0.25) is 14.7 Å². The molecule has 5 heteroatoms. The van der Waals surface area contributed by atoms with E-state index >= 15 is 0 Å². The van der Waals surface area contributed by atoms with E-state index in [1.807, 2.05) is 41.4 Å². The Morgan fingerprint density at radius 2 is 2.00 bits per heavy atom. The lowest BCUT2D eigenvalue weighted by molar-refractivity contribution is 0.0581. The van der Waals surface area contributed by atoms with Crippen molar-refractivity contribution in [3.63, 3.8) is 0 Å². The first-order valence-corrected chi connectivity index (χ1v) is 8.70. The number of piperazine rings is 1. The summed E-state index contributed by atoms with van der Waals surface area (Å²) in [6, 6.07) is 12.1. The standard InChI is InChI=1S/C20H25N3O2/c1-16(19-7-4-8-21-14-19)22-9-11-23(12-10-22)20(24)18-6-3-5-17(13-18)15-25-2/h3-8,13-14,16H,9-12,15H2,1-2H3/t16-/m0/s1. The van der Waals surface area contributed by atoms with Crippen molar-refractivity contribution in [1.29, 1.82) is 0 Å². The molecule has 132 valence electrons. The van der Waals surface area contributed by atoms with Crippen molar-refractivity contribution in [1.82, 2.24) is 14.8 Å². The normalized spacial score (nSPS) is 16.6. The Bertz CT molecular complexity index is 697. The minimum atomic E-state index is 0.103. The van der Waals surface area contributed by atoms with Crippen molar-refractivity contribution >= 4 is 5.91 Å². The van der Waals surface area contributed by atoms with Crippen LogP contribution in [0.1, 0.15) is 34.5 Å². The second-order valence-electron chi connectivity index (χ2n) is 6.42. The zero-order valence-corrected chi connectivity index (χ0v) is 14.9. The zero-order chi connectivity index (χ0) is 17.6. The van der Waals surface area contributed by atoms with Crippen molar-refractivity contribution in [3.05, 3.63) is 65.5 Å². The number of carbonyl (C=O) groups is 1. The molecule has 25 heavy (non-hydrogen) atoms. The maximum atomic E-state index is 12.8. The number of nitrogens with zero attached hydrogens (tertiary/aromatic N) is 3. The molecule has 1 aliphatic heterocycles. The number of aromatic nitrogens is 1. The summed E-state index contributed by atoms with van der Waals surface area (Å²) in [6.07, 6.45) is 3.72. The van der Waals surface area contributed by atoms with Crippen LogP contribution in [-0.4, -0.2) is 54.0 Å². The van der Waals surface area contributed by atoms with E-state index in [4.69, 9.17) is 4.74 Å². The molecule has 1 atom stereocenters. The number of hydrogen-bond acceptors (Lipinski definition) is 4. The molecule has 2 aromatic rings. The third kappa shape index (κ3) is 4.24. The van der Waals surface area contributed by atoms with E-state index in [0.717, 1.165) is 37.3 Å². The van der Waals surface area contributed by atoms with Gasteiger partial charge in [-0.05, 0) is 36.2 Å². The lowest BCUT2D eigenvalue weighted by Gasteiger charge is -2.38. The van der Waals surface area contributed by atoms with Gasteiger partial charge in [-0.15, -0.1) is 0 Å². The number of pyridine rings is 1. The average Bonchev–Trinajstić information content (AvgIpc) is 2.68. The summed E-state index contributed by atoms with van der Waals surface area (Å²) < 4.78 is 5.15. The van der Waals surface area contributed by atoms with E-state index in [1.165, 1.54) is 5.56 Å². The van der Waals surface area contributed by atoms with E-state index in [0.29, 0.717) is 12.6 Å². The van der Waals surface area contributed by atoms with E-state index in [9.17, 15) is 4.79 Å². The Balaban J connectivity index is 1.60. The largest absolute Gasteiger partial charge is 0.380 e. The fraction of sp³-hybridized carbons (Fsp3) is 0.400. The molecule has 1 aromatic heterocycles. The highest BCUT2D eigenvalue weighted by Crippen LogP contribution is 2.21. The Morgan fingerprint density at radius 3 is 2.68 bits per heavy atom. The molecule has 0 unspecified atom stereocenters. The van der Waals surface area contributed by atoms with Crippen LogP contribution in [0, 0.1) is 0 Å². The number of hydrogen-bond donors (Lipinski definition) is 0. The fourth-order valence-corrected chi connectivity index (χ4v) is 3.29. The smallest absolute Gasteiger partial charge is 0.253 e. The van der Waals surface area contributed by atoms with Crippen LogP contribution in [0.4, 0.5) is 0 Å². The van der Waals surface area contributed by atoms with Gasteiger partial charge in [-0.2, -0.15) is 0 Å². The zero-order valence-electron chi connectivity index (χ0n) is 14.9. The minimum absolute atomic E-state index is 0.103. The molecule has 0 radical (unpaired) electrons. The SMILES string of the molecule is COCc1cccc(C(=O)N2CCN([C@@H](C)c3cccnc3)CC2)c1. The van der Waals surface area contributed by atoms with Gasteiger partial charge >= 0.3 is 0 Å². The van der Waals surface area contributed by atoms with Crippen molar-refractivity contribution in [2.45, 2.75) is 19.6 Å². The summed E-state index contributed by atoms with van der Waals surface area (Å²) in [7, 11) is 1.66. The highest BCUT2D eigenvalue weighted by molar-refractivity contribution is 5.94. The molecule has 0 N–H and O–H groups in total. The van der Waals surface area contributed by atoms with Crippen LogP contribution >= 0.6 is 0 Å². The van der Waals surface area contributed by atoms with Crippen molar-refractivity contribution in [2.75, 3.05) is 33.3 Å². The molecule has 3 rings (SSSR count). The van der Waals surface area contributed by atoms with Gasteiger partial charge in [0.15, 0.2) is 0 Å². The van der Waals surface area contributed by atoms with Crippen LogP contribution in [-0.2, 0) is 11.3 Å². The number of carbonyl (C=O) groups excluding carboxylic acids is 1. The molecular formula is C20H25N3O2. The summed E-state index contributed by atoms with van der Waals surface area (Å²) in [5.74, 6) is 0.103. The molecule has 1 saturated heterocycles. The summed E-state index contributed by atoms with van der Waals surface area (Å²) in [5, 5.41) is 0. The van der Waals surface area contributed by atoms with E-state index in [2.05, 4.69) is 22.9 Å². The number of methoxy groups -OCH3 is 1. The first-order valence-electron chi connectivity index (χ1n) is 8.70. The van der Waals surface area contributed by atoms with Crippen LogP contribution in [0.2, 0.25) is 0 Å². The van der Waals surface area contributed by atoms with E-state index in [-0.39, 0.29) is 5.91 Å². The summed E-state index contributed by atoms with van der Waals surface area (Å²) in [5.41, 5.74) is 2.98. The predicted molar refractivity (Wildman–Crippen MR) is 97.3 cm³/mol. The summed E-state index contributed by atoms with van der Waals surface area (Å²) in [6.45, 7) is 5.97. The van der Waals surface area contributed by atoms with Crippen molar-refractivity contribution < 1.29 is 9.53 Å². The second-order valence-corrected chi connectivity index (χ2v) is 6.42. The Morgan fingerprint density at radius 1 is 1.20 bits per heavy atom. The fourth-order valence-electron chi connectivity index (χ4n) is 3.29. The highest BCUT2D eigenvalue weighted by Gasteiger charge is 2.25. The van der Waals surface area contributed by atoms with Gasteiger partial charge < -0.3 is 9.64 Å². The summed E-state index contributed by atoms with van der Waals surface area (Å²) >= 11 is 0. The van der Waals surface area contributed by atoms with Gasteiger partial charge in [0, 0.05) is 57.3 Å². The molecule has 0 bridgehead atoms. The molecule has 1 amide bonds. The Labute approximate surface area is 149 Å². The Hall–Kier alpha value is -2.24. The number of ether oxygens (including phenoxy) is 1. The molecule has 5 nitrogen and oxygen atoms in total. The molecule has 1 aliphatic rings. The van der Waals surface area contributed by atoms with Crippen LogP contribution in [0.25, 0.3) is 0 Å². The highest BCUT2D eigenvalue weighted by atomic mass is 16.5. The molecule has 0 saturated carbocycles. The maximum absolute atomic E-state index is 12.8. The first kappa shape index (κ1) is 17.6. The van der Waals surface area contributed by atoms with Gasteiger partial charge in [0.05, 0.1) is 6.61 Å². The molecule has 0 aliphatic carbocycles. The first-order chi connectivity index (χ1) is 12.2. The third-order valence-electron chi connectivity index (χ3n) is 4.80. The number of benzene rings is 1. The van der Waals surface area contributed by atoms with Gasteiger partial charge in [0.2, 0.25) is 0 Å². The third-order valence-corrected chi connectivity index (χ3v) is 4.80. The quantitative estimate of drug-likeness (QED) is 0.840. The van der Waals surface area contributed by atoms with Crippen LogP contribution in [0.3, 0.4) is 0 Å². The lowest BCUT2D eigenvalue weighted by Crippen LogP contribution is -2.49. The minimum Gasteiger partial charge on any atom is -0.380 e. The van der Waals surface area contributed by atoms with Crippen molar-refractivity contribution in [2.24, 2.45) is 0 Å². The van der Waals surface area contributed by atoms with Gasteiger partial charge in [-0.25, -0.2) is 0 Å². The van der Waals surface area contributed by atoms with Crippen molar-refractivity contribution in [3.8, 4) is 0 Å². The summed E-state index contributed by atoms with van der Waals surface area (Å²) in [4.78, 5) is 21.3. The van der Waals surface area contributed by atoms with Crippen LogP contribution < -0.4 is 0 Å². The molecule has 1 fully saturated rings. The van der Waals surface area contributed by atoms with Crippen LogP contribution in [0.15, 0.2) is 48.8 Å². The average molecular weight is 339 g/mol. The molecule has 2 heterocycles. The number of rotatable bonds is 5. The number of amides is 1. The lowest BCUT2D eigenvalue weighted by atomic mass is 10.1. The second kappa shape index (κ2) is 8.23. The van der Waals surface area contributed by atoms with Gasteiger partial charge in [0.1, 0.15) is 0 Å². The van der Waals surface area contributed by atoms with Gasteiger partial charge in [-0.1, -0.05) is 18.2 Å². The van der Waals surface area contributed by atoms with E-state index in [1.54, 1.807) is 13.3 Å². The van der Waals surface area contributed by atoms with Crippen LogP contribution in [0.5, 0.6) is 0 Å². The van der Waals surface area contributed by atoms with Gasteiger partial charge in [0.25, 0.3) is 5.91 Å². The topological polar surface area (TPSA) is 45.7 Å². The maximum Gasteiger partial charge on any atom is 0.253 e. The molecule has 0 spiro atoms. The molecule has 1 aromatic carbocycles. The predicted octanol–water partition coefficient (Wildman–Crippen LogP) is 2.75. The van der Waals surface area contributed by atoms with E-state index < -0.39 is 0 Å². The Kier molecular flexibility index (Phi) is 5.79. The monoisotopic (exact) mass is 339 g/mol.